The second kappa shape index (κ2) is 3.47. The summed E-state index contributed by atoms with van der Waals surface area (Å²) in [6.07, 6.45) is 1.66. The van der Waals surface area contributed by atoms with Gasteiger partial charge in [0.1, 0.15) is 6.54 Å². The maximum absolute atomic E-state index is 11.4. The number of carboxylic acid groups (broad SMARTS) is 1. The minimum absolute atomic E-state index is 0.262. The van der Waals surface area contributed by atoms with Crippen molar-refractivity contribution in [2.24, 2.45) is 0 Å². The molecule has 1 rings (SSSR count). The van der Waals surface area contributed by atoms with E-state index in [1.807, 2.05) is 6.92 Å². The Kier molecular flexibility index (Phi) is 2.55. The van der Waals surface area contributed by atoms with Gasteiger partial charge in [0.2, 0.25) is 0 Å². The van der Waals surface area contributed by atoms with E-state index in [-0.39, 0.29) is 12.2 Å². The highest BCUT2D eigenvalue weighted by Gasteiger charge is 2.09. The molecule has 5 nitrogen and oxygen atoms in total. The Morgan fingerprint density at radius 3 is 2.62 bits per heavy atom. The van der Waals surface area contributed by atoms with E-state index in [4.69, 9.17) is 5.11 Å². The Balaban J connectivity index is 3.13. The third-order valence-electron chi connectivity index (χ3n) is 1.88. The van der Waals surface area contributed by atoms with Crippen LogP contribution in [0.5, 0.6) is 0 Å². The van der Waals surface area contributed by atoms with Crippen molar-refractivity contribution >= 4 is 5.97 Å². The van der Waals surface area contributed by atoms with Crippen LogP contribution in [0.1, 0.15) is 12.6 Å². The summed E-state index contributed by atoms with van der Waals surface area (Å²) >= 11 is 0. The first-order valence-electron chi connectivity index (χ1n) is 4.04. The molecule has 0 aromatic carbocycles. The van der Waals surface area contributed by atoms with Gasteiger partial charge in [0.05, 0.1) is 0 Å². The summed E-state index contributed by atoms with van der Waals surface area (Å²) in [6, 6.07) is 0. The lowest BCUT2D eigenvalue weighted by molar-refractivity contribution is -0.137. The van der Waals surface area contributed by atoms with Gasteiger partial charge in [-0.3, -0.25) is 13.9 Å². The van der Waals surface area contributed by atoms with E-state index < -0.39 is 5.97 Å². The molecular formula is C8H12N2O3. The zero-order chi connectivity index (χ0) is 10.0. The highest BCUT2D eigenvalue weighted by molar-refractivity contribution is 5.66. The molecule has 0 amide bonds. The number of rotatable bonds is 3. The van der Waals surface area contributed by atoms with Crippen LogP contribution in [0, 0.1) is 6.92 Å². The van der Waals surface area contributed by atoms with Gasteiger partial charge in [0.25, 0.3) is 0 Å². The smallest absolute Gasteiger partial charge is 0.328 e. The molecule has 0 aliphatic rings. The summed E-state index contributed by atoms with van der Waals surface area (Å²) in [7, 11) is 0. The van der Waals surface area contributed by atoms with Gasteiger partial charge in [0, 0.05) is 18.4 Å². The van der Waals surface area contributed by atoms with Crippen LogP contribution in [-0.4, -0.2) is 20.2 Å². The molecule has 0 saturated heterocycles. The van der Waals surface area contributed by atoms with E-state index >= 15 is 0 Å². The van der Waals surface area contributed by atoms with Gasteiger partial charge in [-0.2, -0.15) is 0 Å². The van der Waals surface area contributed by atoms with Crippen molar-refractivity contribution in [2.75, 3.05) is 0 Å². The molecule has 0 saturated carbocycles. The lowest BCUT2D eigenvalue weighted by Crippen LogP contribution is -2.27. The molecule has 0 aliphatic carbocycles. The van der Waals surface area contributed by atoms with Crippen molar-refractivity contribution in [3.63, 3.8) is 0 Å². The zero-order valence-corrected chi connectivity index (χ0v) is 7.65. The monoisotopic (exact) mass is 184 g/mol. The second-order valence-electron chi connectivity index (χ2n) is 2.82. The summed E-state index contributed by atoms with van der Waals surface area (Å²) in [4.78, 5) is 21.8. The maximum atomic E-state index is 11.4. The molecule has 0 fully saturated rings. The van der Waals surface area contributed by atoms with E-state index in [1.54, 1.807) is 13.1 Å². The summed E-state index contributed by atoms with van der Waals surface area (Å²) in [5.41, 5.74) is 0.414. The number of imidazole rings is 1. The number of carboxylic acids is 1. The summed E-state index contributed by atoms with van der Waals surface area (Å²) < 4.78 is 2.73. The van der Waals surface area contributed by atoms with E-state index in [2.05, 4.69) is 0 Å². The van der Waals surface area contributed by atoms with Gasteiger partial charge < -0.3 is 5.11 Å². The first-order valence-corrected chi connectivity index (χ1v) is 4.04. The fourth-order valence-electron chi connectivity index (χ4n) is 1.21. The number of nitrogens with zero attached hydrogens (tertiary/aromatic N) is 2. The lowest BCUT2D eigenvalue weighted by atomic mass is 10.5. The Labute approximate surface area is 75.2 Å². The van der Waals surface area contributed by atoms with E-state index in [0.29, 0.717) is 12.2 Å². The van der Waals surface area contributed by atoms with Crippen molar-refractivity contribution in [3.8, 4) is 0 Å². The minimum Gasteiger partial charge on any atom is -0.480 e. The third kappa shape index (κ3) is 1.80. The zero-order valence-electron chi connectivity index (χ0n) is 7.65. The van der Waals surface area contributed by atoms with E-state index in [9.17, 15) is 9.59 Å². The molecule has 0 bridgehead atoms. The minimum atomic E-state index is -1.00. The topological polar surface area (TPSA) is 64.2 Å². The predicted octanol–water partition coefficient (Wildman–Crippen LogP) is 0.0627. The number of hydrogen-bond acceptors (Lipinski definition) is 2. The van der Waals surface area contributed by atoms with Gasteiger partial charge in [0.15, 0.2) is 0 Å². The highest BCUT2D eigenvalue weighted by atomic mass is 16.4. The number of carbonyl (C=O) groups is 1. The van der Waals surface area contributed by atoms with Gasteiger partial charge in [-0.15, -0.1) is 0 Å². The molecule has 0 atom stereocenters. The fourth-order valence-corrected chi connectivity index (χ4v) is 1.21. The van der Waals surface area contributed by atoms with Crippen LogP contribution in [0.4, 0.5) is 0 Å². The molecule has 1 aromatic heterocycles. The Morgan fingerprint density at radius 2 is 2.23 bits per heavy atom. The molecule has 0 spiro atoms. The Morgan fingerprint density at radius 1 is 1.62 bits per heavy atom. The van der Waals surface area contributed by atoms with Gasteiger partial charge in [-0.05, 0) is 13.8 Å². The van der Waals surface area contributed by atoms with Crippen molar-refractivity contribution < 1.29 is 9.90 Å². The van der Waals surface area contributed by atoms with Crippen LogP contribution in [0.3, 0.4) is 0 Å². The maximum Gasteiger partial charge on any atom is 0.328 e. The van der Waals surface area contributed by atoms with Crippen molar-refractivity contribution in [3.05, 3.63) is 22.4 Å². The predicted molar refractivity (Wildman–Crippen MR) is 46.7 cm³/mol. The molecule has 1 aromatic rings. The number of aliphatic carboxylic acids is 1. The van der Waals surface area contributed by atoms with Crippen LogP contribution >= 0.6 is 0 Å². The molecule has 1 N–H and O–H groups in total. The van der Waals surface area contributed by atoms with Crippen LogP contribution < -0.4 is 5.69 Å². The standard InChI is InChI=1S/C8H12N2O3/c1-3-9-4-6(2)10(8(9)13)5-7(11)12/h4H,3,5H2,1-2H3,(H,11,12). The lowest BCUT2D eigenvalue weighted by Gasteiger charge is -1.97. The first-order chi connectivity index (χ1) is 6.06. The molecular weight excluding hydrogens is 172 g/mol. The molecule has 1 heterocycles. The normalized spacial score (nSPS) is 10.3. The van der Waals surface area contributed by atoms with E-state index in [1.165, 1.54) is 9.13 Å². The van der Waals surface area contributed by atoms with Crippen LogP contribution in [0.2, 0.25) is 0 Å². The average Bonchev–Trinajstić information content (AvgIpc) is 2.31. The van der Waals surface area contributed by atoms with Gasteiger partial charge in [-0.25, -0.2) is 4.79 Å². The number of hydrogen-bond donors (Lipinski definition) is 1. The molecule has 72 valence electrons. The SMILES string of the molecule is CCn1cc(C)n(CC(=O)O)c1=O. The average molecular weight is 184 g/mol. The van der Waals surface area contributed by atoms with Crippen molar-refractivity contribution in [2.45, 2.75) is 26.9 Å². The van der Waals surface area contributed by atoms with Gasteiger partial charge in [-0.1, -0.05) is 0 Å². The number of aromatic nitrogens is 2. The second-order valence-corrected chi connectivity index (χ2v) is 2.82. The molecule has 13 heavy (non-hydrogen) atoms. The molecule has 0 aliphatic heterocycles. The Bertz CT molecular complexity index is 375. The van der Waals surface area contributed by atoms with Crippen molar-refractivity contribution in [1.82, 2.24) is 9.13 Å². The quantitative estimate of drug-likeness (QED) is 0.722. The largest absolute Gasteiger partial charge is 0.480 e. The van der Waals surface area contributed by atoms with Crippen molar-refractivity contribution in [1.29, 1.82) is 0 Å². The molecule has 5 heteroatoms. The first kappa shape index (κ1) is 9.57. The Hall–Kier alpha value is -1.52. The van der Waals surface area contributed by atoms with Crippen LogP contribution in [-0.2, 0) is 17.9 Å². The van der Waals surface area contributed by atoms with Gasteiger partial charge >= 0.3 is 11.7 Å². The van der Waals surface area contributed by atoms with Crippen LogP contribution in [0.25, 0.3) is 0 Å². The van der Waals surface area contributed by atoms with E-state index in [0.717, 1.165) is 0 Å². The summed E-state index contributed by atoms with van der Waals surface area (Å²) in [5, 5.41) is 8.53. The molecule has 0 unspecified atom stereocenters. The fraction of sp³-hybridized carbons (Fsp3) is 0.500. The number of aryl methyl sites for hydroxylation is 2. The molecule has 0 radical (unpaired) electrons. The third-order valence-corrected chi connectivity index (χ3v) is 1.88. The summed E-state index contributed by atoms with van der Waals surface area (Å²) in [6.45, 7) is 3.85. The van der Waals surface area contributed by atoms with Crippen LogP contribution in [0.15, 0.2) is 11.0 Å². The highest BCUT2D eigenvalue weighted by Crippen LogP contribution is 1.95. The summed E-state index contributed by atoms with van der Waals surface area (Å²) in [5.74, 6) is -1.00.